The zero-order chi connectivity index (χ0) is 23.0. The molecule has 7 nitrogen and oxygen atoms in total. The van der Waals surface area contributed by atoms with Gasteiger partial charge in [-0.3, -0.25) is 4.79 Å². The monoisotopic (exact) mass is 428 g/mol. The molecule has 0 bridgehead atoms. The summed E-state index contributed by atoms with van der Waals surface area (Å²) in [5.74, 6) is 0.132. The molecule has 0 radical (unpaired) electrons. The number of aryl methyl sites for hydroxylation is 3. The Morgan fingerprint density at radius 2 is 1.90 bits per heavy atom. The summed E-state index contributed by atoms with van der Waals surface area (Å²) in [6.45, 7) is 9.94. The smallest absolute Gasteiger partial charge is 0.322 e. The van der Waals surface area contributed by atoms with E-state index in [4.69, 9.17) is 4.74 Å². The normalized spacial score (nSPS) is 10.9. The van der Waals surface area contributed by atoms with E-state index in [1.54, 1.807) is 16.9 Å². The molecule has 0 atom stereocenters. The summed E-state index contributed by atoms with van der Waals surface area (Å²) in [5.41, 5.74) is 3.92. The average Bonchev–Trinajstić information content (AvgIpc) is 3.10. The maximum Gasteiger partial charge on any atom is 0.322 e. The minimum atomic E-state index is -0.264. The van der Waals surface area contributed by atoms with Crippen molar-refractivity contribution in [1.29, 1.82) is 0 Å². The van der Waals surface area contributed by atoms with E-state index in [-0.39, 0.29) is 24.4 Å². The van der Waals surface area contributed by atoms with Crippen molar-refractivity contribution < 1.29 is 14.3 Å². The molecule has 0 aliphatic heterocycles. The van der Waals surface area contributed by atoms with Gasteiger partial charge >= 0.3 is 6.03 Å². The Morgan fingerprint density at radius 1 is 1.16 bits per heavy atom. The molecule has 3 amide bonds. The van der Waals surface area contributed by atoms with Crippen molar-refractivity contribution in [2.45, 2.75) is 34.2 Å². The second-order valence-corrected chi connectivity index (χ2v) is 8.44. The molecule has 2 rings (SSSR count). The SMILES string of the molecule is COCCN(Cc1cccn1C)C(=O)CN(CC(C)C)C(=O)Nc1ccc(C)cc1C. The fraction of sp³-hybridized carbons (Fsp3) is 0.500. The summed E-state index contributed by atoms with van der Waals surface area (Å²) in [5, 5.41) is 2.97. The van der Waals surface area contributed by atoms with Gasteiger partial charge in [0.05, 0.1) is 13.2 Å². The Hall–Kier alpha value is -2.80. The van der Waals surface area contributed by atoms with E-state index in [0.717, 1.165) is 22.5 Å². The molecule has 0 saturated carbocycles. The van der Waals surface area contributed by atoms with Gasteiger partial charge in [-0.2, -0.15) is 0 Å². The number of amides is 3. The Labute approximate surface area is 186 Å². The first kappa shape index (κ1) is 24.5. The van der Waals surface area contributed by atoms with Gasteiger partial charge in [0.25, 0.3) is 0 Å². The molecule has 1 heterocycles. The maximum absolute atomic E-state index is 13.2. The maximum atomic E-state index is 13.2. The van der Waals surface area contributed by atoms with Crippen LogP contribution >= 0.6 is 0 Å². The predicted molar refractivity (Wildman–Crippen MR) is 124 cm³/mol. The van der Waals surface area contributed by atoms with Crippen LogP contribution in [-0.4, -0.2) is 59.7 Å². The Bertz CT molecular complexity index is 875. The topological polar surface area (TPSA) is 66.8 Å². The van der Waals surface area contributed by atoms with Crippen molar-refractivity contribution in [2.24, 2.45) is 13.0 Å². The van der Waals surface area contributed by atoms with Crippen molar-refractivity contribution in [1.82, 2.24) is 14.4 Å². The molecular weight excluding hydrogens is 392 g/mol. The van der Waals surface area contributed by atoms with Crippen molar-refractivity contribution in [3.05, 3.63) is 53.3 Å². The summed E-state index contributed by atoms with van der Waals surface area (Å²) < 4.78 is 7.19. The number of hydrogen-bond acceptors (Lipinski definition) is 3. The second-order valence-electron chi connectivity index (χ2n) is 8.44. The standard InChI is InChI=1S/C24H36N4O3/c1-18(2)15-28(24(30)25-22-10-9-19(3)14-20(22)4)17-23(29)27(12-13-31-6)16-21-8-7-11-26(21)5/h7-11,14,18H,12-13,15-17H2,1-6H3,(H,25,30). The highest BCUT2D eigenvalue weighted by molar-refractivity contribution is 5.93. The number of methoxy groups -OCH3 is 1. The van der Waals surface area contributed by atoms with Crippen molar-refractivity contribution in [3.63, 3.8) is 0 Å². The van der Waals surface area contributed by atoms with Crippen molar-refractivity contribution in [2.75, 3.05) is 38.7 Å². The number of urea groups is 1. The molecule has 2 aromatic rings. The first-order chi connectivity index (χ1) is 14.7. The molecular formula is C24H36N4O3. The number of carbonyl (C=O) groups is 2. The van der Waals surface area contributed by atoms with Crippen molar-refractivity contribution >= 4 is 17.6 Å². The summed E-state index contributed by atoms with van der Waals surface area (Å²) in [7, 11) is 3.57. The Morgan fingerprint density at radius 3 is 2.48 bits per heavy atom. The summed E-state index contributed by atoms with van der Waals surface area (Å²) in [4.78, 5) is 29.6. The van der Waals surface area contributed by atoms with E-state index < -0.39 is 0 Å². The van der Waals surface area contributed by atoms with Crippen LogP contribution in [0.4, 0.5) is 10.5 Å². The molecule has 1 aromatic carbocycles. The number of anilines is 1. The third-order valence-electron chi connectivity index (χ3n) is 5.14. The van der Waals surface area contributed by atoms with E-state index >= 15 is 0 Å². The zero-order valence-electron chi connectivity index (χ0n) is 19.6. The van der Waals surface area contributed by atoms with Gasteiger partial charge in [-0.1, -0.05) is 31.5 Å². The van der Waals surface area contributed by atoms with Gasteiger partial charge in [0.1, 0.15) is 6.54 Å². The average molecular weight is 429 g/mol. The van der Waals surface area contributed by atoms with Gasteiger partial charge in [-0.15, -0.1) is 0 Å². The van der Waals surface area contributed by atoms with Gasteiger partial charge in [-0.25, -0.2) is 4.79 Å². The summed E-state index contributed by atoms with van der Waals surface area (Å²) in [6, 6.07) is 9.58. The fourth-order valence-corrected chi connectivity index (χ4v) is 3.42. The van der Waals surface area contributed by atoms with Crippen LogP contribution in [0.15, 0.2) is 36.5 Å². The lowest BCUT2D eigenvalue weighted by Crippen LogP contribution is -2.46. The van der Waals surface area contributed by atoms with Crippen LogP contribution < -0.4 is 5.32 Å². The third-order valence-corrected chi connectivity index (χ3v) is 5.14. The molecule has 7 heteroatoms. The predicted octanol–water partition coefficient (Wildman–Crippen LogP) is 3.81. The van der Waals surface area contributed by atoms with Crippen LogP contribution in [0, 0.1) is 19.8 Å². The number of ether oxygens (including phenoxy) is 1. The Kier molecular flexibility index (Phi) is 9.12. The number of nitrogens with one attached hydrogen (secondary N) is 1. The van der Waals surface area contributed by atoms with Crippen LogP contribution in [0.1, 0.15) is 30.7 Å². The molecule has 1 N–H and O–H groups in total. The number of hydrogen-bond donors (Lipinski definition) is 1. The van der Waals surface area contributed by atoms with E-state index in [1.165, 1.54) is 0 Å². The molecule has 170 valence electrons. The Balaban J connectivity index is 2.14. The quantitative estimate of drug-likeness (QED) is 0.626. The first-order valence-corrected chi connectivity index (χ1v) is 10.7. The van der Waals surface area contributed by atoms with Gasteiger partial charge in [0, 0.05) is 44.8 Å². The largest absolute Gasteiger partial charge is 0.383 e. The lowest BCUT2D eigenvalue weighted by Gasteiger charge is -2.29. The van der Waals surface area contributed by atoms with Crippen molar-refractivity contribution in [3.8, 4) is 0 Å². The second kappa shape index (κ2) is 11.6. The molecule has 0 unspecified atom stereocenters. The van der Waals surface area contributed by atoms with Crippen LogP contribution in [0.2, 0.25) is 0 Å². The highest BCUT2D eigenvalue weighted by Gasteiger charge is 2.23. The number of rotatable bonds is 10. The third kappa shape index (κ3) is 7.43. The van der Waals surface area contributed by atoms with Crippen LogP contribution in [-0.2, 0) is 23.1 Å². The number of carbonyl (C=O) groups excluding carboxylic acids is 2. The molecule has 0 aliphatic carbocycles. The molecule has 0 spiro atoms. The fourth-order valence-electron chi connectivity index (χ4n) is 3.42. The molecule has 0 fully saturated rings. The zero-order valence-corrected chi connectivity index (χ0v) is 19.6. The molecule has 1 aromatic heterocycles. The van der Waals surface area contributed by atoms with E-state index in [2.05, 4.69) is 5.32 Å². The molecule has 0 saturated heterocycles. The molecule has 31 heavy (non-hydrogen) atoms. The first-order valence-electron chi connectivity index (χ1n) is 10.7. The van der Waals surface area contributed by atoms with E-state index in [0.29, 0.717) is 26.2 Å². The summed E-state index contributed by atoms with van der Waals surface area (Å²) >= 11 is 0. The number of aromatic nitrogens is 1. The number of nitrogens with zero attached hydrogens (tertiary/aromatic N) is 3. The van der Waals surface area contributed by atoms with Gasteiger partial charge in [0.15, 0.2) is 0 Å². The lowest BCUT2D eigenvalue weighted by atomic mass is 10.1. The van der Waals surface area contributed by atoms with E-state index in [1.807, 2.05) is 75.8 Å². The van der Waals surface area contributed by atoms with Crippen LogP contribution in [0.3, 0.4) is 0 Å². The van der Waals surface area contributed by atoms with Gasteiger partial charge in [-0.05, 0) is 43.5 Å². The van der Waals surface area contributed by atoms with E-state index in [9.17, 15) is 9.59 Å². The summed E-state index contributed by atoms with van der Waals surface area (Å²) in [6.07, 6.45) is 1.96. The van der Waals surface area contributed by atoms with Crippen LogP contribution in [0.5, 0.6) is 0 Å². The number of benzene rings is 1. The molecule has 0 aliphatic rings. The minimum absolute atomic E-state index is 0.0169. The lowest BCUT2D eigenvalue weighted by molar-refractivity contribution is -0.133. The van der Waals surface area contributed by atoms with Gasteiger partial charge in [0.2, 0.25) is 5.91 Å². The highest BCUT2D eigenvalue weighted by atomic mass is 16.5. The van der Waals surface area contributed by atoms with Gasteiger partial charge < -0.3 is 24.4 Å². The minimum Gasteiger partial charge on any atom is -0.383 e. The van der Waals surface area contributed by atoms with Crippen LogP contribution in [0.25, 0.3) is 0 Å². The highest BCUT2D eigenvalue weighted by Crippen LogP contribution is 2.17.